The second kappa shape index (κ2) is 7.47. The molecule has 0 aromatic carbocycles. The summed E-state index contributed by atoms with van der Waals surface area (Å²) in [4.78, 5) is 10.6. The van der Waals surface area contributed by atoms with Gasteiger partial charge in [-0.2, -0.15) is 26.3 Å². The van der Waals surface area contributed by atoms with Gasteiger partial charge < -0.3 is 4.74 Å². The molecule has 0 rings (SSSR count). The molecule has 13 heteroatoms. The second-order valence-corrected chi connectivity index (χ2v) is 6.06. The highest BCUT2D eigenvalue weighted by Gasteiger charge is 2.72. The molecule has 0 aromatic heterocycles. The molecule has 0 aliphatic carbocycles. The first kappa shape index (κ1) is 21.6. The Hall–Kier alpha value is -1.37. The molecule has 0 aliphatic heterocycles. The van der Waals surface area contributed by atoms with Crippen molar-refractivity contribution in [1.29, 1.82) is 0 Å². The number of halogens is 7. The summed E-state index contributed by atoms with van der Waals surface area (Å²) in [5.74, 6) is -2.68. The molecular weight excluding hydrogens is 363 g/mol. The summed E-state index contributed by atoms with van der Waals surface area (Å²) in [6.45, 7) is 1.87. The number of carbonyl (C=O) groups is 1. The van der Waals surface area contributed by atoms with Crippen LogP contribution in [0.4, 0.5) is 30.7 Å². The molecule has 0 heterocycles. The first-order chi connectivity index (χ1) is 10.2. The molecule has 5 nitrogen and oxygen atoms in total. The van der Waals surface area contributed by atoms with Gasteiger partial charge in [0.25, 0.3) is 5.67 Å². The minimum absolute atomic E-state index is 0.538. The van der Waals surface area contributed by atoms with Crippen LogP contribution in [-0.2, 0) is 19.6 Å². The molecule has 0 radical (unpaired) electrons. The van der Waals surface area contributed by atoms with Crippen molar-refractivity contribution in [1.82, 2.24) is 4.72 Å². The average Bonchev–Trinajstić information content (AvgIpc) is 2.38. The fourth-order valence-electron chi connectivity index (χ4n) is 1.20. The van der Waals surface area contributed by atoms with Crippen LogP contribution in [0.25, 0.3) is 0 Å². The van der Waals surface area contributed by atoms with Crippen molar-refractivity contribution in [2.75, 3.05) is 18.9 Å². The minimum Gasteiger partial charge on any atom is -0.461 e. The zero-order valence-electron chi connectivity index (χ0n) is 11.3. The Morgan fingerprint density at radius 1 is 1.09 bits per heavy atom. The van der Waals surface area contributed by atoms with Gasteiger partial charge in [-0.3, -0.25) is 0 Å². The van der Waals surface area contributed by atoms with E-state index in [0.717, 1.165) is 6.08 Å². The van der Waals surface area contributed by atoms with Gasteiger partial charge in [-0.15, -0.1) is 0 Å². The van der Waals surface area contributed by atoms with E-state index in [1.807, 2.05) is 0 Å². The van der Waals surface area contributed by atoms with Crippen molar-refractivity contribution in [3.05, 3.63) is 12.7 Å². The van der Waals surface area contributed by atoms with E-state index in [0.29, 0.717) is 0 Å². The van der Waals surface area contributed by atoms with Crippen LogP contribution >= 0.6 is 0 Å². The van der Waals surface area contributed by atoms with Gasteiger partial charge in [-0.05, 0) is 0 Å². The van der Waals surface area contributed by atoms with E-state index in [1.54, 1.807) is 4.72 Å². The third kappa shape index (κ3) is 6.33. The van der Waals surface area contributed by atoms with Crippen LogP contribution in [0.2, 0.25) is 0 Å². The van der Waals surface area contributed by atoms with Crippen LogP contribution in [0.5, 0.6) is 0 Å². The Bertz CT molecular complexity index is 512. The maximum Gasteiger partial charge on any atom is 0.431 e. The lowest BCUT2D eigenvalue weighted by molar-refractivity contribution is -0.341. The van der Waals surface area contributed by atoms with Gasteiger partial charge >= 0.3 is 18.3 Å². The lowest BCUT2D eigenvalue weighted by Gasteiger charge is -2.29. The molecule has 0 atom stereocenters. The monoisotopic (exact) mass is 375 g/mol. The van der Waals surface area contributed by atoms with E-state index in [-0.39, 0.29) is 0 Å². The van der Waals surface area contributed by atoms with Crippen molar-refractivity contribution < 1.29 is 48.7 Å². The standard InChI is InChI=1S/C10H12F7NO4S/c1-2-7(19)22-5-4-18-23(20,21)6-3-8(11,9(12,13)14)10(15,16)17/h2,18H,1,3-6H2. The molecule has 0 unspecified atom stereocenters. The van der Waals surface area contributed by atoms with Crippen molar-refractivity contribution in [2.24, 2.45) is 0 Å². The number of hydrogen-bond donors (Lipinski definition) is 1. The fourth-order valence-corrected chi connectivity index (χ4v) is 2.29. The number of alkyl halides is 7. The van der Waals surface area contributed by atoms with Crippen LogP contribution < -0.4 is 4.72 Å². The summed E-state index contributed by atoms with van der Waals surface area (Å²) in [6.07, 6.45) is -14.2. The van der Waals surface area contributed by atoms with Gasteiger partial charge in [0, 0.05) is 19.0 Å². The van der Waals surface area contributed by atoms with E-state index in [4.69, 9.17) is 0 Å². The molecule has 1 N–H and O–H groups in total. The van der Waals surface area contributed by atoms with E-state index >= 15 is 0 Å². The maximum atomic E-state index is 13.3. The third-order valence-electron chi connectivity index (χ3n) is 2.45. The normalized spacial score (nSPS) is 13.7. The number of esters is 1. The smallest absolute Gasteiger partial charge is 0.431 e. The number of nitrogens with one attached hydrogen (secondary N) is 1. The molecule has 0 saturated heterocycles. The Balaban J connectivity index is 4.73. The third-order valence-corrected chi connectivity index (χ3v) is 3.83. The maximum absolute atomic E-state index is 13.3. The summed E-state index contributed by atoms with van der Waals surface area (Å²) in [5, 5.41) is 0. The Kier molecular flexibility index (Phi) is 7.02. The molecule has 0 spiro atoms. The number of hydrogen-bond acceptors (Lipinski definition) is 4. The molecule has 0 saturated carbocycles. The van der Waals surface area contributed by atoms with E-state index < -0.39 is 59.3 Å². The lowest BCUT2D eigenvalue weighted by Crippen LogP contribution is -2.54. The van der Waals surface area contributed by atoms with Gasteiger partial charge in [-0.25, -0.2) is 22.3 Å². The summed E-state index contributed by atoms with van der Waals surface area (Å²) < 4.78 is 115. The zero-order chi connectivity index (χ0) is 18.5. The van der Waals surface area contributed by atoms with E-state index in [2.05, 4.69) is 11.3 Å². The molecule has 136 valence electrons. The highest BCUT2D eigenvalue weighted by atomic mass is 32.2. The summed E-state index contributed by atoms with van der Waals surface area (Å²) in [6, 6.07) is 0. The van der Waals surface area contributed by atoms with Crippen molar-refractivity contribution in [3.63, 3.8) is 0 Å². The molecular formula is C10H12F7NO4S. The average molecular weight is 375 g/mol. The minimum atomic E-state index is -6.32. The van der Waals surface area contributed by atoms with Crippen LogP contribution in [0, 0.1) is 0 Å². The largest absolute Gasteiger partial charge is 0.461 e. The van der Waals surface area contributed by atoms with Gasteiger partial charge in [0.2, 0.25) is 10.0 Å². The second-order valence-electron chi connectivity index (χ2n) is 4.13. The fraction of sp³-hybridized carbons (Fsp3) is 0.700. The SMILES string of the molecule is C=CC(=O)OCCNS(=O)(=O)CCC(F)(C(F)(F)F)C(F)(F)F. The molecule has 0 fully saturated rings. The Morgan fingerprint density at radius 2 is 1.57 bits per heavy atom. The molecule has 23 heavy (non-hydrogen) atoms. The topological polar surface area (TPSA) is 72.5 Å². The molecule has 0 aromatic rings. The van der Waals surface area contributed by atoms with Gasteiger partial charge in [0.1, 0.15) is 6.61 Å². The Labute approximate surface area is 126 Å². The van der Waals surface area contributed by atoms with E-state index in [9.17, 15) is 43.9 Å². The summed E-state index contributed by atoms with van der Waals surface area (Å²) in [7, 11) is -4.65. The van der Waals surface area contributed by atoms with Crippen molar-refractivity contribution in [2.45, 2.75) is 24.4 Å². The quantitative estimate of drug-likeness (QED) is 0.304. The number of ether oxygens (including phenoxy) is 1. The Morgan fingerprint density at radius 3 is 1.96 bits per heavy atom. The van der Waals surface area contributed by atoms with Crippen molar-refractivity contribution in [3.8, 4) is 0 Å². The van der Waals surface area contributed by atoms with Crippen LogP contribution in [0.1, 0.15) is 6.42 Å². The molecule has 0 amide bonds. The predicted molar refractivity (Wildman–Crippen MR) is 63.5 cm³/mol. The summed E-state index contributed by atoms with van der Waals surface area (Å²) in [5.41, 5.74) is -5.65. The van der Waals surface area contributed by atoms with Crippen molar-refractivity contribution >= 4 is 16.0 Å². The van der Waals surface area contributed by atoms with E-state index in [1.165, 1.54) is 0 Å². The molecule has 0 bridgehead atoms. The zero-order valence-corrected chi connectivity index (χ0v) is 12.1. The highest BCUT2D eigenvalue weighted by Crippen LogP contribution is 2.48. The first-order valence-corrected chi connectivity index (χ1v) is 7.40. The number of rotatable bonds is 8. The van der Waals surface area contributed by atoms with Gasteiger partial charge in [0.05, 0.1) is 5.75 Å². The summed E-state index contributed by atoms with van der Waals surface area (Å²) >= 11 is 0. The highest BCUT2D eigenvalue weighted by molar-refractivity contribution is 7.89. The lowest BCUT2D eigenvalue weighted by atomic mass is 10.0. The number of carbonyl (C=O) groups excluding carboxylic acids is 1. The van der Waals surface area contributed by atoms with Crippen LogP contribution in [0.15, 0.2) is 12.7 Å². The van der Waals surface area contributed by atoms with Crippen LogP contribution in [0.3, 0.4) is 0 Å². The van der Waals surface area contributed by atoms with Gasteiger partial charge in [0.15, 0.2) is 0 Å². The van der Waals surface area contributed by atoms with Gasteiger partial charge in [-0.1, -0.05) is 6.58 Å². The predicted octanol–water partition coefficient (Wildman–Crippen LogP) is 1.86. The molecule has 0 aliphatic rings. The first-order valence-electron chi connectivity index (χ1n) is 5.75. The number of sulfonamides is 1. The van der Waals surface area contributed by atoms with Crippen LogP contribution in [-0.4, -0.2) is 51.3 Å².